The fraction of sp³-hybridized carbons (Fsp3) is 0.235. The number of carbonyl (C=O) groups excluding carboxylic acids is 2. The summed E-state index contributed by atoms with van der Waals surface area (Å²) in [7, 11) is 0. The number of hydrogen-bond acceptors (Lipinski definition) is 3. The number of benzene rings is 1. The monoisotopic (exact) mass is 321 g/mol. The lowest BCUT2D eigenvalue weighted by atomic mass is 9.99. The summed E-state index contributed by atoms with van der Waals surface area (Å²) in [5.41, 5.74) is -0.484. The number of rotatable bonds is 5. The van der Waals surface area contributed by atoms with E-state index in [4.69, 9.17) is 0 Å². The van der Waals surface area contributed by atoms with Crippen LogP contribution in [0.4, 0.5) is 13.2 Å². The largest absolute Gasteiger partial charge is 0.418 e. The summed E-state index contributed by atoms with van der Waals surface area (Å²) >= 11 is 0. The highest BCUT2D eigenvalue weighted by molar-refractivity contribution is 6.02. The lowest BCUT2D eigenvalue weighted by molar-refractivity contribution is -0.138. The van der Waals surface area contributed by atoms with Gasteiger partial charge in [0.1, 0.15) is 5.69 Å². The molecular weight excluding hydrogens is 307 g/mol. The van der Waals surface area contributed by atoms with Gasteiger partial charge in [-0.05, 0) is 24.6 Å². The molecule has 0 bridgehead atoms. The molecule has 0 saturated carbocycles. The van der Waals surface area contributed by atoms with Crippen molar-refractivity contribution in [3.05, 3.63) is 65.0 Å². The summed E-state index contributed by atoms with van der Waals surface area (Å²) < 4.78 is 38.6. The Morgan fingerprint density at radius 2 is 1.65 bits per heavy atom. The molecule has 0 unspecified atom stereocenters. The summed E-state index contributed by atoms with van der Waals surface area (Å²) in [4.78, 5) is 27.6. The summed E-state index contributed by atoms with van der Waals surface area (Å²) in [6.45, 7) is 1.76. The minimum atomic E-state index is -4.65. The molecule has 0 aliphatic rings. The molecule has 1 aromatic carbocycles. The van der Waals surface area contributed by atoms with E-state index in [1.807, 2.05) is 0 Å². The predicted molar refractivity (Wildman–Crippen MR) is 78.3 cm³/mol. The molecular formula is C17H14F3NO2. The highest BCUT2D eigenvalue weighted by atomic mass is 19.4. The molecule has 120 valence electrons. The van der Waals surface area contributed by atoms with Gasteiger partial charge < -0.3 is 0 Å². The fourth-order valence-corrected chi connectivity index (χ4v) is 2.22. The van der Waals surface area contributed by atoms with E-state index < -0.39 is 23.2 Å². The van der Waals surface area contributed by atoms with E-state index in [2.05, 4.69) is 4.98 Å². The Morgan fingerprint density at radius 1 is 1.00 bits per heavy atom. The topological polar surface area (TPSA) is 47.0 Å². The quantitative estimate of drug-likeness (QED) is 0.773. The number of Topliss-reactive ketones (excluding diaryl/α,β-unsaturated/α-hetero) is 2. The van der Waals surface area contributed by atoms with E-state index in [1.54, 1.807) is 31.2 Å². The van der Waals surface area contributed by atoms with Gasteiger partial charge in [-0.3, -0.25) is 14.6 Å². The Balaban J connectivity index is 2.12. The smallest absolute Gasteiger partial charge is 0.294 e. The summed E-state index contributed by atoms with van der Waals surface area (Å²) in [6.07, 6.45) is -3.99. The maximum atomic E-state index is 12.9. The Kier molecular flexibility index (Phi) is 4.93. The first-order chi connectivity index (χ1) is 10.8. The minimum absolute atomic E-state index is 0.155. The fourth-order valence-electron chi connectivity index (χ4n) is 2.22. The van der Waals surface area contributed by atoms with Crippen molar-refractivity contribution in [1.82, 2.24) is 4.98 Å². The number of hydrogen-bond donors (Lipinski definition) is 0. The second-order valence-corrected chi connectivity index (χ2v) is 5.06. The molecule has 0 radical (unpaired) electrons. The van der Waals surface area contributed by atoms with Crippen molar-refractivity contribution in [2.45, 2.75) is 25.9 Å². The van der Waals surface area contributed by atoms with Gasteiger partial charge in [-0.15, -0.1) is 0 Å². The standard InChI is InChI=1S/C17H14F3NO2/c1-11-5-2-3-6-12(11)14(22)8-9-15(23)16-13(17(18,19)20)7-4-10-21-16/h2-7,10H,8-9H2,1H3. The lowest BCUT2D eigenvalue weighted by Crippen LogP contribution is -2.15. The molecule has 1 aromatic heterocycles. The number of ketones is 2. The molecule has 0 saturated heterocycles. The van der Waals surface area contributed by atoms with Crippen molar-refractivity contribution in [3.63, 3.8) is 0 Å². The van der Waals surface area contributed by atoms with E-state index in [-0.39, 0.29) is 18.6 Å². The van der Waals surface area contributed by atoms with E-state index in [1.165, 1.54) is 0 Å². The van der Waals surface area contributed by atoms with Crippen molar-refractivity contribution in [2.75, 3.05) is 0 Å². The molecule has 0 N–H and O–H groups in total. The van der Waals surface area contributed by atoms with Gasteiger partial charge in [0.15, 0.2) is 11.6 Å². The molecule has 2 aromatic rings. The second kappa shape index (κ2) is 6.73. The number of aryl methyl sites for hydroxylation is 1. The van der Waals surface area contributed by atoms with Crippen LogP contribution in [0, 0.1) is 6.92 Å². The molecule has 0 atom stereocenters. The lowest BCUT2D eigenvalue weighted by Gasteiger charge is -2.10. The van der Waals surface area contributed by atoms with Crippen LogP contribution in [0.3, 0.4) is 0 Å². The maximum absolute atomic E-state index is 12.9. The molecule has 0 aliphatic heterocycles. The van der Waals surface area contributed by atoms with Crippen LogP contribution in [0.15, 0.2) is 42.6 Å². The first-order valence-electron chi connectivity index (χ1n) is 6.95. The second-order valence-electron chi connectivity index (χ2n) is 5.06. The van der Waals surface area contributed by atoms with Crippen LogP contribution in [0.2, 0.25) is 0 Å². The van der Waals surface area contributed by atoms with E-state index in [0.29, 0.717) is 5.56 Å². The molecule has 0 aliphatic carbocycles. The molecule has 23 heavy (non-hydrogen) atoms. The van der Waals surface area contributed by atoms with Crippen molar-refractivity contribution in [3.8, 4) is 0 Å². The van der Waals surface area contributed by atoms with Gasteiger partial charge in [0.05, 0.1) is 5.56 Å². The molecule has 2 rings (SSSR count). The van der Waals surface area contributed by atoms with Gasteiger partial charge in [0, 0.05) is 24.6 Å². The van der Waals surface area contributed by atoms with Gasteiger partial charge in [-0.2, -0.15) is 13.2 Å². The molecule has 1 heterocycles. The maximum Gasteiger partial charge on any atom is 0.418 e. The molecule has 0 spiro atoms. The number of aromatic nitrogens is 1. The Labute approximate surface area is 131 Å². The van der Waals surface area contributed by atoms with E-state index >= 15 is 0 Å². The third-order valence-corrected chi connectivity index (χ3v) is 3.40. The van der Waals surface area contributed by atoms with Gasteiger partial charge in [0.25, 0.3) is 0 Å². The average Bonchev–Trinajstić information content (AvgIpc) is 2.52. The summed E-state index contributed by atoms with van der Waals surface area (Å²) in [5, 5.41) is 0. The normalized spacial score (nSPS) is 11.3. The van der Waals surface area contributed by atoms with Crippen LogP contribution in [0.5, 0.6) is 0 Å². The number of pyridine rings is 1. The van der Waals surface area contributed by atoms with Gasteiger partial charge in [-0.1, -0.05) is 24.3 Å². The Morgan fingerprint density at radius 3 is 2.30 bits per heavy atom. The van der Waals surface area contributed by atoms with Crippen LogP contribution in [0.1, 0.15) is 44.8 Å². The minimum Gasteiger partial charge on any atom is -0.294 e. The van der Waals surface area contributed by atoms with Crippen LogP contribution in [-0.4, -0.2) is 16.6 Å². The third kappa shape index (κ3) is 4.03. The number of carbonyl (C=O) groups is 2. The molecule has 0 fully saturated rings. The highest BCUT2D eigenvalue weighted by Gasteiger charge is 2.35. The highest BCUT2D eigenvalue weighted by Crippen LogP contribution is 2.31. The zero-order valence-electron chi connectivity index (χ0n) is 12.4. The number of nitrogens with zero attached hydrogens (tertiary/aromatic N) is 1. The van der Waals surface area contributed by atoms with Crippen molar-refractivity contribution in [1.29, 1.82) is 0 Å². The van der Waals surface area contributed by atoms with E-state index in [0.717, 1.165) is 23.9 Å². The Bertz CT molecular complexity index is 739. The Hall–Kier alpha value is -2.50. The zero-order chi connectivity index (χ0) is 17.0. The first-order valence-corrected chi connectivity index (χ1v) is 6.95. The van der Waals surface area contributed by atoms with E-state index in [9.17, 15) is 22.8 Å². The van der Waals surface area contributed by atoms with Crippen molar-refractivity contribution >= 4 is 11.6 Å². The molecule has 0 amide bonds. The average molecular weight is 321 g/mol. The van der Waals surface area contributed by atoms with Crippen LogP contribution < -0.4 is 0 Å². The number of halogens is 3. The van der Waals surface area contributed by atoms with Crippen molar-refractivity contribution < 1.29 is 22.8 Å². The van der Waals surface area contributed by atoms with Crippen LogP contribution in [0.25, 0.3) is 0 Å². The van der Waals surface area contributed by atoms with Crippen LogP contribution >= 0.6 is 0 Å². The predicted octanol–water partition coefficient (Wildman–Crippen LogP) is 4.25. The summed E-state index contributed by atoms with van der Waals surface area (Å²) in [5.74, 6) is -1.07. The zero-order valence-corrected chi connectivity index (χ0v) is 12.4. The van der Waals surface area contributed by atoms with Gasteiger partial charge >= 0.3 is 6.18 Å². The number of alkyl halides is 3. The first kappa shape index (κ1) is 16.9. The van der Waals surface area contributed by atoms with Crippen molar-refractivity contribution in [2.24, 2.45) is 0 Å². The van der Waals surface area contributed by atoms with Gasteiger partial charge in [-0.25, -0.2) is 0 Å². The SMILES string of the molecule is Cc1ccccc1C(=O)CCC(=O)c1ncccc1C(F)(F)F. The summed E-state index contributed by atoms with van der Waals surface area (Å²) in [6, 6.07) is 8.80. The van der Waals surface area contributed by atoms with Gasteiger partial charge in [0.2, 0.25) is 0 Å². The van der Waals surface area contributed by atoms with Crippen LogP contribution in [-0.2, 0) is 6.18 Å². The molecule has 3 nitrogen and oxygen atoms in total. The molecule has 6 heteroatoms. The third-order valence-electron chi connectivity index (χ3n) is 3.40.